The van der Waals surface area contributed by atoms with Gasteiger partial charge in [-0.05, 0) is 36.0 Å². The minimum absolute atomic E-state index is 0.103. The molecule has 0 aliphatic carbocycles. The van der Waals surface area contributed by atoms with E-state index < -0.39 is 5.97 Å². The van der Waals surface area contributed by atoms with Crippen LogP contribution in [-0.4, -0.2) is 16.2 Å². The van der Waals surface area contributed by atoms with Crippen molar-refractivity contribution in [3.63, 3.8) is 0 Å². The van der Waals surface area contributed by atoms with E-state index in [2.05, 4.69) is 13.8 Å². The van der Waals surface area contributed by atoms with Crippen molar-refractivity contribution in [2.24, 2.45) is 0 Å². The zero-order chi connectivity index (χ0) is 12.2. The summed E-state index contributed by atoms with van der Waals surface area (Å²) in [6, 6.07) is 7.14. The lowest BCUT2D eigenvalue weighted by atomic mass is 9.80. The molecule has 0 aliphatic rings. The van der Waals surface area contributed by atoms with Gasteiger partial charge in [0.05, 0.1) is 0 Å². The number of carboxylic acids is 1. The average molecular weight is 222 g/mol. The van der Waals surface area contributed by atoms with Crippen molar-refractivity contribution in [3.05, 3.63) is 29.8 Å². The Labute approximate surface area is 95.7 Å². The Kier molecular flexibility index (Phi) is 3.93. The third-order valence-electron chi connectivity index (χ3n) is 2.82. The molecule has 1 rings (SSSR count). The van der Waals surface area contributed by atoms with E-state index in [0.717, 1.165) is 12.0 Å². The van der Waals surface area contributed by atoms with Crippen LogP contribution in [0.25, 0.3) is 0 Å². The van der Waals surface area contributed by atoms with Crippen molar-refractivity contribution in [2.75, 3.05) is 0 Å². The number of phenolic OH excluding ortho intramolecular Hbond substituents is 1. The number of benzene rings is 1. The summed E-state index contributed by atoms with van der Waals surface area (Å²) in [4.78, 5) is 10.4. The van der Waals surface area contributed by atoms with Gasteiger partial charge < -0.3 is 10.2 Å². The lowest BCUT2D eigenvalue weighted by Crippen LogP contribution is -2.17. The summed E-state index contributed by atoms with van der Waals surface area (Å²) < 4.78 is 0. The molecule has 1 aromatic carbocycles. The van der Waals surface area contributed by atoms with Crippen molar-refractivity contribution in [3.8, 4) is 5.75 Å². The molecule has 0 radical (unpaired) electrons. The van der Waals surface area contributed by atoms with Gasteiger partial charge in [0.2, 0.25) is 0 Å². The van der Waals surface area contributed by atoms with E-state index in [9.17, 15) is 9.90 Å². The molecule has 0 unspecified atom stereocenters. The molecule has 3 heteroatoms. The summed E-state index contributed by atoms with van der Waals surface area (Å²) in [6.45, 7) is 4.12. The van der Waals surface area contributed by atoms with Gasteiger partial charge in [-0.2, -0.15) is 0 Å². The van der Waals surface area contributed by atoms with Gasteiger partial charge in [0.15, 0.2) is 0 Å². The van der Waals surface area contributed by atoms with Crippen molar-refractivity contribution in [2.45, 2.75) is 38.5 Å². The van der Waals surface area contributed by atoms with Crippen molar-refractivity contribution < 1.29 is 15.0 Å². The number of carbonyl (C=O) groups is 1. The Hall–Kier alpha value is -1.51. The molecular weight excluding hydrogens is 204 g/mol. The smallest absolute Gasteiger partial charge is 0.303 e. The van der Waals surface area contributed by atoms with E-state index in [1.165, 1.54) is 0 Å². The van der Waals surface area contributed by atoms with Gasteiger partial charge >= 0.3 is 5.97 Å². The van der Waals surface area contributed by atoms with E-state index >= 15 is 0 Å². The van der Waals surface area contributed by atoms with E-state index in [4.69, 9.17) is 5.11 Å². The van der Waals surface area contributed by atoms with E-state index in [-0.39, 0.29) is 17.6 Å². The zero-order valence-corrected chi connectivity index (χ0v) is 9.73. The van der Waals surface area contributed by atoms with Crippen LogP contribution in [0, 0.1) is 0 Å². The van der Waals surface area contributed by atoms with E-state index in [1.807, 2.05) is 12.1 Å². The number of rotatable bonds is 5. The predicted octanol–water partition coefficient (Wildman–Crippen LogP) is 2.92. The van der Waals surface area contributed by atoms with Crippen LogP contribution in [0.2, 0.25) is 0 Å². The molecular formula is C13H18O3. The SMILES string of the molecule is CC(C)(CCCC(=O)O)c1cccc(O)c1. The van der Waals surface area contributed by atoms with Crippen molar-refractivity contribution in [1.29, 1.82) is 0 Å². The first-order valence-electron chi connectivity index (χ1n) is 5.43. The topological polar surface area (TPSA) is 57.5 Å². The number of aliphatic carboxylic acids is 1. The third kappa shape index (κ3) is 3.57. The molecule has 88 valence electrons. The first-order chi connectivity index (χ1) is 7.42. The molecule has 0 heterocycles. The van der Waals surface area contributed by atoms with Gasteiger partial charge in [-0.15, -0.1) is 0 Å². The van der Waals surface area contributed by atoms with Crippen molar-refractivity contribution >= 4 is 5.97 Å². The van der Waals surface area contributed by atoms with Crippen molar-refractivity contribution in [1.82, 2.24) is 0 Å². The molecule has 16 heavy (non-hydrogen) atoms. The Morgan fingerprint density at radius 3 is 2.62 bits per heavy atom. The minimum atomic E-state index is -0.758. The minimum Gasteiger partial charge on any atom is -0.508 e. The monoisotopic (exact) mass is 222 g/mol. The highest BCUT2D eigenvalue weighted by Gasteiger charge is 2.20. The van der Waals surface area contributed by atoms with Crippen LogP contribution in [0.3, 0.4) is 0 Å². The second kappa shape index (κ2) is 5.01. The number of hydrogen-bond acceptors (Lipinski definition) is 2. The number of hydrogen-bond donors (Lipinski definition) is 2. The normalized spacial score (nSPS) is 11.4. The van der Waals surface area contributed by atoms with Crippen LogP contribution < -0.4 is 0 Å². The summed E-state index contributed by atoms with van der Waals surface area (Å²) >= 11 is 0. The molecule has 3 nitrogen and oxygen atoms in total. The summed E-state index contributed by atoms with van der Waals surface area (Å²) in [5.74, 6) is -0.504. The molecule has 1 aromatic rings. The van der Waals surface area contributed by atoms with Crippen LogP contribution in [0.15, 0.2) is 24.3 Å². The van der Waals surface area contributed by atoms with Crippen LogP contribution in [0.1, 0.15) is 38.7 Å². The quantitative estimate of drug-likeness (QED) is 0.805. The maximum atomic E-state index is 10.4. The first kappa shape index (κ1) is 12.6. The summed E-state index contributed by atoms with van der Waals surface area (Å²) in [5.41, 5.74) is 0.937. The fourth-order valence-corrected chi connectivity index (χ4v) is 1.75. The number of phenols is 1. The third-order valence-corrected chi connectivity index (χ3v) is 2.82. The fraction of sp³-hybridized carbons (Fsp3) is 0.462. The molecule has 0 aromatic heterocycles. The first-order valence-corrected chi connectivity index (χ1v) is 5.43. The number of carboxylic acid groups (broad SMARTS) is 1. The standard InChI is InChI=1S/C13H18O3/c1-13(2,8-4-7-12(15)16)10-5-3-6-11(14)9-10/h3,5-6,9,14H,4,7-8H2,1-2H3,(H,15,16). The fourth-order valence-electron chi connectivity index (χ4n) is 1.75. The largest absolute Gasteiger partial charge is 0.508 e. The lowest BCUT2D eigenvalue weighted by molar-refractivity contribution is -0.137. The van der Waals surface area contributed by atoms with Gasteiger partial charge in [-0.3, -0.25) is 4.79 Å². The maximum absolute atomic E-state index is 10.4. The lowest BCUT2D eigenvalue weighted by Gasteiger charge is -2.25. The second-order valence-corrected chi connectivity index (χ2v) is 4.68. The molecule has 2 N–H and O–H groups in total. The van der Waals surface area contributed by atoms with Gasteiger partial charge in [0.1, 0.15) is 5.75 Å². The molecule has 0 saturated carbocycles. The molecule has 0 saturated heterocycles. The Morgan fingerprint density at radius 2 is 2.06 bits per heavy atom. The summed E-state index contributed by atoms with van der Waals surface area (Å²) in [7, 11) is 0. The molecule has 0 amide bonds. The van der Waals surface area contributed by atoms with Gasteiger partial charge in [0.25, 0.3) is 0 Å². The Balaban J connectivity index is 2.66. The highest BCUT2D eigenvalue weighted by atomic mass is 16.4. The highest BCUT2D eigenvalue weighted by Crippen LogP contribution is 2.30. The maximum Gasteiger partial charge on any atom is 0.303 e. The summed E-state index contributed by atoms with van der Waals surface area (Å²) in [5, 5.41) is 18.0. The Bertz CT molecular complexity index is 369. The number of aromatic hydroxyl groups is 1. The second-order valence-electron chi connectivity index (χ2n) is 4.68. The Morgan fingerprint density at radius 1 is 1.38 bits per heavy atom. The molecule has 0 bridgehead atoms. The zero-order valence-electron chi connectivity index (χ0n) is 9.73. The van der Waals surface area contributed by atoms with E-state index in [0.29, 0.717) is 6.42 Å². The van der Waals surface area contributed by atoms with E-state index in [1.54, 1.807) is 12.1 Å². The van der Waals surface area contributed by atoms with Crippen LogP contribution in [-0.2, 0) is 10.2 Å². The predicted molar refractivity (Wildman–Crippen MR) is 62.6 cm³/mol. The average Bonchev–Trinajstić information content (AvgIpc) is 2.16. The van der Waals surface area contributed by atoms with Gasteiger partial charge in [-0.1, -0.05) is 26.0 Å². The van der Waals surface area contributed by atoms with Crippen LogP contribution >= 0.6 is 0 Å². The van der Waals surface area contributed by atoms with Gasteiger partial charge in [0, 0.05) is 6.42 Å². The molecule has 0 fully saturated rings. The summed E-state index contributed by atoms with van der Waals surface area (Å²) in [6.07, 6.45) is 1.64. The molecule has 0 spiro atoms. The molecule has 0 aliphatic heterocycles. The van der Waals surface area contributed by atoms with Crippen LogP contribution in [0.5, 0.6) is 5.75 Å². The van der Waals surface area contributed by atoms with Gasteiger partial charge in [-0.25, -0.2) is 0 Å². The highest BCUT2D eigenvalue weighted by molar-refractivity contribution is 5.66. The van der Waals surface area contributed by atoms with Crippen LogP contribution in [0.4, 0.5) is 0 Å². The molecule has 0 atom stereocenters.